The molecule has 0 bridgehead atoms. The molecule has 524 valence electrons. The van der Waals surface area contributed by atoms with Gasteiger partial charge in [-0.2, -0.15) is 0 Å². The van der Waals surface area contributed by atoms with Gasteiger partial charge in [-0.15, -0.1) is 0 Å². The second-order valence-corrected chi connectivity index (χ2v) is 29.5. The molecule has 32 atom stereocenters. The van der Waals surface area contributed by atoms with E-state index >= 15 is 0 Å². The quantitative estimate of drug-likeness (QED) is 0.0360. The number of fused-ring (bicyclic) bond motifs is 7. The van der Waals surface area contributed by atoms with Gasteiger partial charge in [-0.3, -0.25) is 0 Å². The van der Waals surface area contributed by atoms with Crippen LogP contribution in [0.2, 0.25) is 0 Å². The normalized spacial score (nSPS) is 51.0. The van der Waals surface area contributed by atoms with Crippen molar-refractivity contribution < 1.29 is 139 Å². The Kier molecular flexibility index (Phi) is 20.8. The lowest BCUT2D eigenvalue weighted by atomic mass is 9.32. The number of rotatable bonds is 15. The van der Waals surface area contributed by atoms with E-state index in [0.717, 1.165) is 5.57 Å². The van der Waals surface area contributed by atoms with Crippen LogP contribution in [0.4, 0.5) is 0 Å². The van der Waals surface area contributed by atoms with E-state index in [1.807, 2.05) is 34.6 Å². The van der Waals surface area contributed by atoms with Crippen LogP contribution < -0.4 is 0 Å². The van der Waals surface area contributed by atoms with E-state index < -0.39 is 229 Å². The second kappa shape index (κ2) is 26.2. The van der Waals surface area contributed by atoms with Gasteiger partial charge in [0, 0.05) is 22.0 Å². The molecule has 0 amide bonds. The number of carboxylic acid groups (broad SMARTS) is 1. The summed E-state index contributed by atoms with van der Waals surface area (Å²) in [5.41, 5.74) is -8.51. The van der Waals surface area contributed by atoms with E-state index in [1.165, 1.54) is 6.92 Å². The number of allylic oxidation sites excluding steroid dienone is 3. The van der Waals surface area contributed by atoms with Gasteiger partial charge in [0.1, 0.15) is 91.6 Å². The van der Waals surface area contributed by atoms with Gasteiger partial charge < -0.3 is 124 Å². The van der Waals surface area contributed by atoms with Crippen LogP contribution in [0.1, 0.15) is 122 Å². The first-order valence-electron chi connectivity index (χ1n) is 32.1. The fourth-order valence-corrected chi connectivity index (χ4v) is 18.3. The lowest BCUT2D eigenvalue weighted by molar-refractivity contribution is -0.411. The predicted molar refractivity (Wildman–Crippen MR) is 314 cm³/mol. The molecule has 92 heavy (non-hydrogen) atoms. The highest BCUT2D eigenvalue weighted by atomic mass is 16.8. The van der Waals surface area contributed by atoms with Gasteiger partial charge in [0.25, 0.3) is 0 Å². The minimum atomic E-state index is -3.48. The highest BCUT2D eigenvalue weighted by Crippen LogP contribution is 2.76. The van der Waals surface area contributed by atoms with E-state index in [-0.39, 0.29) is 35.8 Å². The van der Waals surface area contributed by atoms with Crippen molar-refractivity contribution in [3.63, 3.8) is 0 Å². The van der Waals surface area contributed by atoms with Crippen LogP contribution in [0.25, 0.3) is 0 Å². The van der Waals surface area contributed by atoms with Crippen molar-refractivity contribution in [2.24, 2.45) is 50.2 Å². The lowest BCUT2D eigenvalue weighted by Gasteiger charge is -2.73. The molecule has 4 saturated carbocycles. The molecular weight excluding hydrogens is 1220 g/mol. The predicted octanol–water partition coefficient (Wildman–Crippen LogP) is -2.14. The molecule has 28 nitrogen and oxygen atoms in total. The van der Waals surface area contributed by atoms with Gasteiger partial charge in [-0.25, -0.2) is 14.4 Å². The molecule has 0 radical (unpaired) electrons. The molecule has 9 rings (SSSR count). The molecule has 0 aromatic carbocycles. The maximum Gasteiger partial charge on any atom is 0.336 e. The van der Waals surface area contributed by atoms with Crippen molar-refractivity contribution in [2.75, 3.05) is 19.8 Å². The third kappa shape index (κ3) is 11.2. The maximum absolute atomic E-state index is 13.9. The number of hydrogen-bond acceptors (Lipinski definition) is 27. The van der Waals surface area contributed by atoms with Gasteiger partial charge >= 0.3 is 17.9 Å². The van der Waals surface area contributed by atoms with Gasteiger partial charge in [0.2, 0.25) is 0 Å². The number of esters is 2. The minimum Gasteiger partial charge on any atom is -0.479 e. The van der Waals surface area contributed by atoms with E-state index in [4.69, 9.17) is 42.6 Å². The number of ether oxygens (including phenoxy) is 9. The van der Waals surface area contributed by atoms with Crippen LogP contribution in [0.3, 0.4) is 0 Å². The first-order chi connectivity index (χ1) is 42.8. The molecule has 0 aromatic rings. The molecular formula is C64H100O28. The smallest absolute Gasteiger partial charge is 0.336 e. The van der Waals surface area contributed by atoms with Gasteiger partial charge in [0.05, 0.1) is 49.7 Å². The zero-order valence-electron chi connectivity index (χ0n) is 54.2. The van der Waals surface area contributed by atoms with E-state index in [2.05, 4.69) is 19.9 Å². The van der Waals surface area contributed by atoms with Crippen LogP contribution in [0.5, 0.6) is 0 Å². The summed E-state index contributed by atoms with van der Waals surface area (Å²) in [6, 6.07) is 0. The third-order valence-corrected chi connectivity index (χ3v) is 24.2. The molecule has 5 aliphatic carbocycles. The van der Waals surface area contributed by atoms with E-state index in [0.29, 0.717) is 25.7 Å². The zero-order valence-corrected chi connectivity index (χ0v) is 54.2. The molecule has 8 fully saturated rings. The van der Waals surface area contributed by atoms with Crippen LogP contribution >= 0.6 is 0 Å². The van der Waals surface area contributed by atoms with Gasteiger partial charge in [-0.05, 0) is 107 Å². The largest absolute Gasteiger partial charge is 0.479 e. The average molecular weight is 1320 g/mol. The Balaban J connectivity index is 1.07. The Morgan fingerprint density at radius 1 is 0.609 bits per heavy atom. The van der Waals surface area contributed by atoms with E-state index in [9.17, 15) is 96.1 Å². The van der Waals surface area contributed by atoms with Crippen molar-refractivity contribution in [1.82, 2.24) is 0 Å². The fraction of sp³-hybridized carbons (Fsp3) is 0.859. The minimum absolute atomic E-state index is 0.179. The monoisotopic (exact) mass is 1320 g/mol. The summed E-state index contributed by atoms with van der Waals surface area (Å²) >= 11 is 0. The van der Waals surface area contributed by atoms with Crippen molar-refractivity contribution in [3.05, 3.63) is 34.9 Å². The second-order valence-electron chi connectivity index (χ2n) is 29.5. The summed E-state index contributed by atoms with van der Waals surface area (Å²) < 4.78 is 55.1. The Labute approximate surface area is 534 Å². The number of aliphatic hydroxyl groups is 15. The molecule has 0 spiro atoms. The number of aliphatic hydroxyl groups excluding tert-OH is 14. The van der Waals surface area contributed by atoms with Gasteiger partial charge in [-0.1, -0.05) is 72.3 Å². The third-order valence-electron chi connectivity index (χ3n) is 24.2. The summed E-state index contributed by atoms with van der Waals surface area (Å²) in [5, 5.41) is 184. The summed E-state index contributed by atoms with van der Waals surface area (Å²) in [5.74, 6) is -4.69. The van der Waals surface area contributed by atoms with Crippen LogP contribution in [-0.4, -0.2) is 272 Å². The number of carbonyl (C=O) groups is 3. The zero-order chi connectivity index (χ0) is 68.4. The molecule has 4 saturated heterocycles. The highest BCUT2D eigenvalue weighted by molar-refractivity contribution is 5.89. The lowest BCUT2D eigenvalue weighted by Crippen LogP contribution is -2.79. The number of carbonyl (C=O) groups excluding carboxylic acids is 2. The Hall–Kier alpha value is -3.25. The average Bonchev–Trinajstić information content (AvgIpc) is 0.663. The van der Waals surface area contributed by atoms with Gasteiger partial charge in [0.15, 0.2) is 36.7 Å². The first-order valence-corrected chi connectivity index (χ1v) is 32.1. The number of hydrogen-bond donors (Lipinski definition) is 16. The molecule has 4 heterocycles. The summed E-state index contributed by atoms with van der Waals surface area (Å²) in [6.07, 6.45) is -39.2. The van der Waals surface area contributed by atoms with Crippen molar-refractivity contribution in [2.45, 2.75) is 274 Å². The maximum atomic E-state index is 13.9. The Morgan fingerprint density at radius 2 is 1.15 bits per heavy atom. The topological polar surface area (TPSA) is 458 Å². The van der Waals surface area contributed by atoms with E-state index in [1.54, 1.807) is 39.8 Å². The molecule has 0 unspecified atom stereocenters. The number of aliphatic carboxylic acids is 1. The number of carboxylic acids is 1. The van der Waals surface area contributed by atoms with Crippen LogP contribution in [0.15, 0.2) is 34.9 Å². The molecule has 9 aliphatic rings. The van der Waals surface area contributed by atoms with Crippen LogP contribution in [-0.2, 0) is 57.0 Å². The standard InChI is InChI=1S/C64H100O28/c1-13-25(3)53(81)90-49-50(91-54(82)26(4)14-2)63(24-67)29(21-58(49,6)7)28-15-16-33-60(10)19-18-34(59(8,9)32(60)17-20-61(33,11)62(28,12)46(77)47(63)78)87-57-44(89-56-42(75)39(72)36(69)31(23-66)86-56)45(76)64(83,51(92-57)52(79)80)48-43(40(73)37(70)30(22-65)85-48)88-55-41(74)38(71)35(68)27(5)84-55/h13-15,27,29-51,55-57,65-78,83H,16-24H2,1-12H3,(H,79,80)/b25-13-,26-14+/t27-,29-,30+,31+,32-,33+,34-,35-,36+,37-,38+,39-,40-,41+,42+,43+,44+,45+,46-,47+,48+,49-,50-,51+,55-,56-,57+,60-,61+,62-,63-,64+/m0/s1. The molecule has 28 heteroatoms. The van der Waals surface area contributed by atoms with Crippen molar-refractivity contribution in [1.29, 1.82) is 0 Å². The fourth-order valence-electron chi connectivity index (χ4n) is 18.3. The Bertz CT molecular complexity index is 2790. The molecule has 16 N–H and O–H groups in total. The van der Waals surface area contributed by atoms with Crippen molar-refractivity contribution >= 4 is 17.9 Å². The first kappa shape index (κ1) is 73.0. The summed E-state index contributed by atoms with van der Waals surface area (Å²) in [4.78, 5) is 41.4. The summed E-state index contributed by atoms with van der Waals surface area (Å²) in [6.45, 7) is 18.8. The highest BCUT2D eigenvalue weighted by Gasteiger charge is 2.77. The molecule has 4 aliphatic heterocycles. The molecule has 0 aromatic heterocycles. The van der Waals surface area contributed by atoms with Crippen molar-refractivity contribution in [3.8, 4) is 0 Å². The van der Waals surface area contributed by atoms with Crippen LogP contribution in [0, 0.1) is 50.2 Å². The summed E-state index contributed by atoms with van der Waals surface area (Å²) in [7, 11) is 0. The Morgan fingerprint density at radius 3 is 1.72 bits per heavy atom. The SMILES string of the molecule is C/C=C(/C)C(=O)O[C@H]1[C@H](OC(=O)/C(C)=C/C)[C@]2(CO)[C@H](O)[C@H](O)[C@]3(C)C(=CC[C@@H]4[C@@]5(C)CC[C@H](O[C@@H]6O[C@H](C(=O)O)[C@](O)([C@@H]7O[C@H](CO)[C@H](O)[C@H](O)[C@H]7O[C@@H]7O[C@@H](C)[C@H](O)[C@@H](O)[C@H]7O)[C@H](O)[C@H]6O[C@@H]6O[C@H](CO)[C@@H](O)[C@H](O)[C@H]6O)C(C)(C)[C@@H]5CC[C@]43C)[C@@H]2CC1(C)C.